The van der Waals surface area contributed by atoms with E-state index in [0.717, 1.165) is 11.3 Å². The van der Waals surface area contributed by atoms with Gasteiger partial charge in [-0.2, -0.15) is 0 Å². The van der Waals surface area contributed by atoms with Crippen LogP contribution < -0.4 is 10.2 Å². The lowest BCUT2D eigenvalue weighted by Crippen LogP contribution is -2.41. The SMILES string of the molecule is CC(C)[C@H](C)N(Cc1cc(NC(=O)c2ccccc2Cl)ccc1N(C)C)C(=O)c1ccccc1Cl. The van der Waals surface area contributed by atoms with Crippen molar-refractivity contribution < 1.29 is 9.59 Å². The number of amides is 2. The average Bonchev–Trinajstić information content (AvgIpc) is 2.82. The van der Waals surface area contributed by atoms with Crippen molar-refractivity contribution in [2.45, 2.75) is 33.4 Å². The smallest absolute Gasteiger partial charge is 0.257 e. The standard InChI is InChI=1S/C28H31Cl2N3O2/c1-18(2)19(3)33(28(35)23-11-7-9-13-25(23)30)17-20-16-21(14-15-26(20)32(4)5)31-27(34)22-10-6-8-12-24(22)29/h6-16,18-19H,17H2,1-5H3,(H,31,34)/t19-/m0/s1. The fourth-order valence-corrected chi connectivity index (χ4v) is 4.24. The fraction of sp³-hybridized carbons (Fsp3) is 0.286. The number of carbonyl (C=O) groups is 2. The maximum atomic E-state index is 13.6. The minimum Gasteiger partial charge on any atom is -0.377 e. The molecule has 35 heavy (non-hydrogen) atoms. The zero-order valence-electron chi connectivity index (χ0n) is 20.7. The van der Waals surface area contributed by atoms with Crippen molar-refractivity contribution in [2.75, 3.05) is 24.3 Å². The Bertz CT molecular complexity index is 1210. The van der Waals surface area contributed by atoms with Gasteiger partial charge in [-0.1, -0.05) is 61.3 Å². The largest absolute Gasteiger partial charge is 0.377 e. The lowest BCUT2D eigenvalue weighted by molar-refractivity contribution is 0.0628. The first-order valence-electron chi connectivity index (χ1n) is 11.5. The van der Waals surface area contributed by atoms with E-state index in [9.17, 15) is 9.59 Å². The van der Waals surface area contributed by atoms with E-state index < -0.39 is 0 Å². The summed E-state index contributed by atoms with van der Waals surface area (Å²) >= 11 is 12.6. The van der Waals surface area contributed by atoms with Crippen LogP contribution in [0.2, 0.25) is 10.0 Å². The van der Waals surface area contributed by atoms with Gasteiger partial charge in [0.05, 0.1) is 21.2 Å². The number of hydrogen-bond donors (Lipinski definition) is 1. The molecule has 0 aromatic heterocycles. The molecule has 3 aromatic rings. The van der Waals surface area contributed by atoms with Crippen molar-refractivity contribution in [1.29, 1.82) is 0 Å². The van der Waals surface area contributed by atoms with Crippen LogP contribution in [0.3, 0.4) is 0 Å². The maximum absolute atomic E-state index is 13.6. The normalized spacial score (nSPS) is 11.8. The highest BCUT2D eigenvalue weighted by Crippen LogP contribution is 2.29. The van der Waals surface area contributed by atoms with Crippen LogP contribution in [-0.4, -0.2) is 36.9 Å². The number of benzene rings is 3. The van der Waals surface area contributed by atoms with Crippen molar-refractivity contribution >= 4 is 46.4 Å². The second-order valence-corrected chi connectivity index (χ2v) is 9.88. The van der Waals surface area contributed by atoms with E-state index >= 15 is 0 Å². The minimum absolute atomic E-state index is 0.0462. The van der Waals surface area contributed by atoms with Gasteiger partial charge in [-0.3, -0.25) is 9.59 Å². The monoisotopic (exact) mass is 511 g/mol. The van der Waals surface area contributed by atoms with Gasteiger partial charge < -0.3 is 15.1 Å². The Morgan fingerprint density at radius 2 is 1.43 bits per heavy atom. The number of nitrogens with one attached hydrogen (secondary N) is 1. The highest BCUT2D eigenvalue weighted by atomic mass is 35.5. The highest BCUT2D eigenvalue weighted by molar-refractivity contribution is 6.34. The molecule has 0 radical (unpaired) electrons. The lowest BCUT2D eigenvalue weighted by atomic mass is 10.0. The van der Waals surface area contributed by atoms with Crippen molar-refractivity contribution in [3.63, 3.8) is 0 Å². The second kappa shape index (κ2) is 11.6. The van der Waals surface area contributed by atoms with E-state index in [1.54, 1.807) is 36.4 Å². The molecule has 0 heterocycles. The molecule has 1 N–H and O–H groups in total. The third kappa shape index (κ3) is 6.36. The average molecular weight is 512 g/mol. The molecule has 2 amide bonds. The molecule has 0 fully saturated rings. The number of rotatable bonds is 8. The first-order chi connectivity index (χ1) is 16.6. The third-order valence-electron chi connectivity index (χ3n) is 6.10. The molecule has 0 bridgehead atoms. The maximum Gasteiger partial charge on any atom is 0.257 e. The summed E-state index contributed by atoms with van der Waals surface area (Å²) in [6, 6.07) is 19.7. The molecule has 0 saturated heterocycles. The van der Waals surface area contributed by atoms with Gasteiger partial charge in [0.15, 0.2) is 0 Å². The van der Waals surface area contributed by atoms with Crippen LogP contribution in [0.5, 0.6) is 0 Å². The Morgan fingerprint density at radius 1 is 0.857 bits per heavy atom. The van der Waals surface area contributed by atoms with E-state index in [2.05, 4.69) is 19.2 Å². The predicted molar refractivity (Wildman–Crippen MR) is 146 cm³/mol. The van der Waals surface area contributed by atoms with E-state index in [-0.39, 0.29) is 23.8 Å². The van der Waals surface area contributed by atoms with Crippen molar-refractivity contribution in [3.05, 3.63) is 93.5 Å². The number of anilines is 2. The van der Waals surface area contributed by atoms with Crippen LogP contribution >= 0.6 is 23.2 Å². The summed E-state index contributed by atoms with van der Waals surface area (Å²) < 4.78 is 0. The summed E-state index contributed by atoms with van der Waals surface area (Å²) in [4.78, 5) is 30.3. The fourth-order valence-electron chi connectivity index (χ4n) is 3.80. The first-order valence-corrected chi connectivity index (χ1v) is 12.3. The third-order valence-corrected chi connectivity index (χ3v) is 6.76. The van der Waals surface area contributed by atoms with E-state index in [0.29, 0.717) is 33.4 Å². The van der Waals surface area contributed by atoms with Gasteiger partial charge in [-0.05, 0) is 60.9 Å². The minimum atomic E-state index is -0.293. The van der Waals surface area contributed by atoms with Crippen molar-refractivity contribution in [2.24, 2.45) is 5.92 Å². The highest BCUT2D eigenvalue weighted by Gasteiger charge is 2.26. The summed E-state index contributed by atoms with van der Waals surface area (Å²) in [5.41, 5.74) is 3.35. The molecular weight excluding hydrogens is 481 g/mol. The van der Waals surface area contributed by atoms with E-state index in [4.69, 9.17) is 23.2 Å². The molecule has 0 unspecified atom stereocenters. The number of nitrogens with zero attached hydrogens (tertiary/aromatic N) is 2. The van der Waals surface area contributed by atoms with Gasteiger partial charge in [0.25, 0.3) is 11.8 Å². The summed E-state index contributed by atoms with van der Waals surface area (Å²) in [5, 5.41) is 3.74. The van der Waals surface area contributed by atoms with E-state index in [1.807, 2.05) is 61.2 Å². The molecule has 0 aliphatic heterocycles. The molecular formula is C28H31Cl2N3O2. The molecule has 0 aliphatic rings. The van der Waals surface area contributed by atoms with Gasteiger partial charge in [0, 0.05) is 38.1 Å². The molecule has 0 spiro atoms. The first kappa shape index (κ1) is 26.6. The topological polar surface area (TPSA) is 52.7 Å². The molecule has 3 aromatic carbocycles. The molecule has 7 heteroatoms. The van der Waals surface area contributed by atoms with Crippen LogP contribution in [0.4, 0.5) is 11.4 Å². The zero-order valence-corrected chi connectivity index (χ0v) is 22.2. The Balaban J connectivity index is 1.98. The molecule has 3 rings (SSSR count). The van der Waals surface area contributed by atoms with E-state index in [1.165, 1.54) is 0 Å². The predicted octanol–water partition coefficient (Wildman–Crippen LogP) is 7.00. The van der Waals surface area contributed by atoms with Crippen LogP contribution in [0, 0.1) is 5.92 Å². The Morgan fingerprint density at radius 3 is 1.97 bits per heavy atom. The molecule has 0 aliphatic carbocycles. The molecule has 0 saturated carbocycles. The summed E-state index contributed by atoms with van der Waals surface area (Å²) in [7, 11) is 3.90. The summed E-state index contributed by atoms with van der Waals surface area (Å²) in [6.45, 7) is 6.57. The Kier molecular flexibility index (Phi) is 8.82. The number of carbonyl (C=O) groups excluding carboxylic acids is 2. The van der Waals surface area contributed by atoms with Gasteiger partial charge in [0.1, 0.15) is 0 Å². The zero-order chi connectivity index (χ0) is 25.7. The Labute approximate surface area is 217 Å². The van der Waals surface area contributed by atoms with Crippen LogP contribution in [0.25, 0.3) is 0 Å². The van der Waals surface area contributed by atoms with Gasteiger partial charge in [-0.15, -0.1) is 0 Å². The van der Waals surface area contributed by atoms with Crippen LogP contribution in [0.1, 0.15) is 47.1 Å². The van der Waals surface area contributed by atoms with Crippen LogP contribution in [0.15, 0.2) is 66.7 Å². The molecule has 1 atom stereocenters. The van der Waals surface area contributed by atoms with Crippen molar-refractivity contribution in [3.8, 4) is 0 Å². The van der Waals surface area contributed by atoms with Crippen LogP contribution in [-0.2, 0) is 6.54 Å². The number of halogens is 2. The summed E-state index contributed by atoms with van der Waals surface area (Å²) in [5.74, 6) is -0.196. The van der Waals surface area contributed by atoms with Crippen molar-refractivity contribution in [1.82, 2.24) is 4.90 Å². The summed E-state index contributed by atoms with van der Waals surface area (Å²) in [6.07, 6.45) is 0. The van der Waals surface area contributed by atoms with Gasteiger partial charge >= 0.3 is 0 Å². The Hall–Kier alpha value is -3.02. The van der Waals surface area contributed by atoms with Gasteiger partial charge in [0.2, 0.25) is 0 Å². The quantitative estimate of drug-likeness (QED) is 0.354. The number of hydrogen-bond acceptors (Lipinski definition) is 3. The second-order valence-electron chi connectivity index (χ2n) is 9.07. The molecule has 184 valence electrons. The molecule has 5 nitrogen and oxygen atoms in total. The lowest BCUT2D eigenvalue weighted by Gasteiger charge is -2.33. The van der Waals surface area contributed by atoms with Gasteiger partial charge in [-0.25, -0.2) is 0 Å².